The average Bonchev–Trinajstić information content (AvgIpc) is 3.13. The Morgan fingerprint density at radius 2 is 1.68 bits per heavy atom. The Morgan fingerprint density at radius 3 is 2.55 bits per heavy atom. The second-order valence-electron chi connectivity index (χ2n) is 8.62. The van der Waals surface area contributed by atoms with Gasteiger partial charge in [-0.25, -0.2) is 4.98 Å². The second-order valence-corrected chi connectivity index (χ2v) is 8.62. The topological polar surface area (TPSA) is 38.9 Å². The molecule has 0 aliphatic heterocycles. The average molecular weight is 402 g/mol. The minimum absolute atomic E-state index is 0.488. The Bertz CT molecular complexity index is 1630. The molecule has 0 spiro atoms. The normalized spacial score (nSPS) is 12.0. The fraction of sp³-hybridized carbons (Fsp3) is 0.143. The van der Waals surface area contributed by atoms with Crippen LogP contribution in [-0.2, 0) is 0 Å². The van der Waals surface area contributed by atoms with Crippen LogP contribution in [0.2, 0.25) is 0 Å². The van der Waals surface area contributed by atoms with Crippen molar-refractivity contribution in [2.75, 3.05) is 0 Å². The van der Waals surface area contributed by atoms with Gasteiger partial charge in [0.25, 0.3) is 0 Å². The van der Waals surface area contributed by atoms with Crippen LogP contribution in [-0.4, -0.2) is 9.97 Å². The van der Waals surface area contributed by atoms with E-state index in [9.17, 15) is 0 Å². The number of para-hydroxylation sites is 1. The number of benzene rings is 3. The molecule has 0 bridgehead atoms. The number of aryl methyl sites for hydroxylation is 1. The number of aromatic nitrogens is 2. The predicted molar refractivity (Wildman–Crippen MR) is 129 cm³/mol. The number of hydrogen-bond acceptors (Lipinski definition) is 3. The minimum atomic E-state index is 0.488. The summed E-state index contributed by atoms with van der Waals surface area (Å²) in [6, 6.07) is 23.4. The molecule has 0 saturated heterocycles. The molecule has 3 aromatic carbocycles. The van der Waals surface area contributed by atoms with Gasteiger partial charge in [-0.15, -0.1) is 0 Å². The largest absolute Gasteiger partial charge is 0.437 e. The lowest BCUT2D eigenvalue weighted by atomic mass is 9.96. The van der Waals surface area contributed by atoms with E-state index >= 15 is 0 Å². The van der Waals surface area contributed by atoms with Gasteiger partial charge in [0, 0.05) is 33.3 Å². The molecule has 3 heteroatoms. The Kier molecular flexibility index (Phi) is 3.87. The number of hydrogen-bond donors (Lipinski definition) is 0. The Balaban J connectivity index is 1.69. The van der Waals surface area contributed by atoms with Gasteiger partial charge in [0.1, 0.15) is 5.58 Å². The van der Waals surface area contributed by atoms with Gasteiger partial charge in [-0.3, -0.25) is 4.98 Å². The third-order valence-electron chi connectivity index (χ3n) is 6.12. The van der Waals surface area contributed by atoms with Crippen molar-refractivity contribution < 1.29 is 4.42 Å². The molecular weight excluding hydrogens is 380 g/mol. The first kappa shape index (κ1) is 18.1. The van der Waals surface area contributed by atoms with Crippen molar-refractivity contribution in [1.82, 2.24) is 9.97 Å². The highest BCUT2D eigenvalue weighted by Gasteiger charge is 2.17. The summed E-state index contributed by atoms with van der Waals surface area (Å²) in [7, 11) is 0. The zero-order valence-electron chi connectivity index (χ0n) is 17.8. The van der Waals surface area contributed by atoms with Gasteiger partial charge in [-0.1, -0.05) is 50.2 Å². The molecule has 3 heterocycles. The van der Waals surface area contributed by atoms with Crippen molar-refractivity contribution in [3.05, 3.63) is 84.1 Å². The molecule has 0 saturated carbocycles. The highest BCUT2D eigenvalue weighted by atomic mass is 16.3. The van der Waals surface area contributed by atoms with E-state index in [1.807, 2.05) is 24.4 Å². The van der Waals surface area contributed by atoms with E-state index in [1.54, 1.807) is 0 Å². The highest BCUT2D eigenvalue weighted by Crippen LogP contribution is 2.39. The SMILES string of the molecule is Cc1cc(-c2nccc3cc(C(C)C)ccc23)c2oc3nc4ccccc4cc3c2c1. The third-order valence-corrected chi connectivity index (χ3v) is 6.12. The van der Waals surface area contributed by atoms with Crippen LogP contribution in [0, 0.1) is 6.92 Å². The van der Waals surface area contributed by atoms with Gasteiger partial charge >= 0.3 is 0 Å². The molecule has 0 unspecified atom stereocenters. The summed E-state index contributed by atoms with van der Waals surface area (Å²) >= 11 is 0. The van der Waals surface area contributed by atoms with E-state index < -0.39 is 0 Å². The summed E-state index contributed by atoms with van der Waals surface area (Å²) in [5, 5.41) is 5.58. The van der Waals surface area contributed by atoms with Crippen molar-refractivity contribution in [2.24, 2.45) is 0 Å². The maximum absolute atomic E-state index is 6.36. The maximum atomic E-state index is 6.36. The Morgan fingerprint density at radius 1 is 0.806 bits per heavy atom. The number of fused-ring (bicyclic) bond motifs is 5. The summed E-state index contributed by atoms with van der Waals surface area (Å²) in [6.07, 6.45) is 1.89. The molecule has 0 fully saturated rings. The lowest BCUT2D eigenvalue weighted by Crippen LogP contribution is -1.91. The van der Waals surface area contributed by atoms with Gasteiger partial charge in [-0.2, -0.15) is 0 Å². The summed E-state index contributed by atoms with van der Waals surface area (Å²) in [5.41, 5.74) is 6.93. The maximum Gasteiger partial charge on any atom is 0.227 e. The summed E-state index contributed by atoms with van der Waals surface area (Å²) < 4.78 is 6.36. The minimum Gasteiger partial charge on any atom is -0.437 e. The van der Waals surface area contributed by atoms with Crippen molar-refractivity contribution in [2.45, 2.75) is 26.7 Å². The van der Waals surface area contributed by atoms with Gasteiger partial charge in [0.15, 0.2) is 0 Å². The number of pyridine rings is 2. The van der Waals surface area contributed by atoms with Crippen molar-refractivity contribution in [1.29, 1.82) is 0 Å². The molecule has 0 aliphatic carbocycles. The van der Waals surface area contributed by atoms with Crippen molar-refractivity contribution >= 4 is 43.7 Å². The van der Waals surface area contributed by atoms with E-state index in [4.69, 9.17) is 14.4 Å². The van der Waals surface area contributed by atoms with Crippen molar-refractivity contribution in [3.8, 4) is 11.3 Å². The first-order chi connectivity index (χ1) is 15.1. The van der Waals surface area contributed by atoms with Crippen LogP contribution in [0.25, 0.3) is 55.0 Å². The quantitative estimate of drug-likeness (QED) is 0.297. The van der Waals surface area contributed by atoms with Crippen LogP contribution in [0.5, 0.6) is 0 Å². The van der Waals surface area contributed by atoms with Crippen LogP contribution >= 0.6 is 0 Å². The van der Waals surface area contributed by atoms with Crippen LogP contribution in [0.3, 0.4) is 0 Å². The van der Waals surface area contributed by atoms with Crippen LogP contribution in [0.15, 0.2) is 77.3 Å². The molecule has 0 amide bonds. The van der Waals surface area contributed by atoms with E-state index in [0.717, 1.165) is 43.9 Å². The van der Waals surface area contributed by atoms with E-state index in [2.05, 4.69) is 69.3 Å². The molecule has 0 aliphatic rings. The molecule has 6 rings (SSSR count). The molecule has 0 N–H and O–H groups in total. The molecular formula is C28H22N2O. The molecule has 6 aromatic rings. The predicted octanol–water partition coefficient (Wildman–Crippen LogP) is 7.78. The van der Waals surface area contributed by atoms with Crippen molar-refractivity contribution in [3.63, 3.8) is 0 Å². The summed E-state index contributed by atoms with van der Waals surface area (Å²) in [4.78, 5) is 9.57. The molecule has 31 heavy (non-hydrogen) atoms. The van der Waals surface area contributed by atoms with Gasteiger partial charge < -0.3 is 4.42 Å². The molecule has 3 aromatic heterocycles. The number of rotatable bonds is 2. The fourth-order valence-electron chi connectivity index (χ4n) is 4.49. The molecule has 150 valence electrons. The zero-order valence-corrected chi connectivity index (χ0v) is 17.8. The second kappa shape index (κ2) is 6.64. The standard InChI is InChI=1S/C28H22N2O/c1-16(2)18-8-9-21-19(14-18)10-11-29-26(21)24-13-17(3)12-22-23-15-20-6-4-5-7-25(20)30-28(23)31-27(22)24/h4-16H,1-3H3. The summed E-state index contributed by atoms with van der Waals surface area (Å²) in [6.45, 7) is 6.57. The smallest absolute Gasteiger partial charge is 0.227 e. The zero-order chi connectivity index (χ0) is 21.1. The van der Waals surface area contributed by atoms with E-state index in [-0.39, 0.29) is 0 Å². The first-order valence-electron chi connectivity index (χ1n) is 10.7. The highest BCUT2D eigenvalue weighted by molar-refractivity contribution is 6.13. The fourth-order valence-corrected chi connectivity index (χ4v) is 4.49. The third kappa shape index (κ3) is 2.81. The van der Waals surface area contributed by atoms with Gasteiger partial charge in [0.2, 0.25) is 5.71 Å². The summed E-state index contributed by atoms with van der Waals surface area (Å²) in [5.74, 6) is 0.488. The molecule has 0 atom stereocenters. The van der Waals surface area contributed by atoms with Gasteiger partial charge in [-0.05, 0) is 59.7 Å². The number of nitrogens with zero attached hydrogens (tertiary/aromatic N) is 2. The lowest BCUT2D eigenvalue weighted by molar-refractivity contribution is 0.657. The monoisotopic (exact) mass is 402 g/mol. The van der Waals surface area contributed by atoms with E-state index in [1.165, 1.54) is 16.5 Å². The first-order valence-corrected chi connectivity index (χ1v) is 10.7. The van der Waals surface area contributed by atoms with Crippen LogP contribution < -0.4 is 0 Å². The Labute approximate surface area is 180 Å². The van der Waals surface area contributed by atoms with Crippen LogP contribution in [0.4, 0.5) is 0 Å². The Hall–Kier alpha value is -3.72. The van der Waals surface area contributed by atoms with Gasteiger partial charge in [0.05, 0.1) is 11.2 Å². The molecule has 3 nitrogen and oxygen atoms in total. The number of furan rings is 1. The lowest BCUT2D eigenvalue weighted by Gasteiger charge is -2.11. The molecule has 0 radical (unpaired) electrons. The van der Waals surface area contributed by atoms with Crippen LogP contribution in [0.1, 0.15) is 30.9 Å². The van der Waals surface area contributed by atoms with E-state index in [0.29, 0.717) is 11.6 Å².